The van der Waals surface area contributed by atoms with Crippen LogP contribution in [-0.2, 0) is 0 Å². The Bertz CT molecular complexity index is 252. The summed E-state index contributed by atoms with van der Waals surface area (Å²) in [6.07, 6.45) is 2.80. The summed E-state index contributed by atoms with van der Waals surface area (Å²) in [5.41, 5.74) is 1.43. The van der Waals surface area contributed by atoms with Crippen molar-refractivity contribution >= 4 is 23.1 Å². The van der Waals surface area contributed by atoms with Crippen LogP contribution in [0.15, 0.2) is 16.8 Å². The Balaban J connectivity index is 1.74. The van der Waals surface area contributed by atoms with Crippen LogP contribution in [0.4, 0.5) is 0 Å². The van der Waals surface area contributed by atoms with Crippen molar-refractivity contribution in [1.82, 2.24) is 5.32 Å². The van der Waals surface area contributed by atoms with E-state index >= 15 is 0 Å². The lowest BCUT2D eigenvalue weighted by Crippen LogP contribution is -2.25. The second-order valence-electron chi connectivity index (χ2n) is 3.82. The molecule has 2 atom stereocenters. The highest BCUT2D eigenvalue weighted by atomic mass is 32.2. The minimum atomic E-state index is 0.516. The van der Waals surface area contributed by atoms with Crippen molar-refractivity contribution in [2.24, 2.45) is 0 Å². The Hall–Kier alpha value is 0.01000. The van der Waals surface area contributed by atoms with Gasteiger partial charge >= 0.3 is 0 Å². The predicted molar refractivity (Wildman–Crippen MR) is 66.2 cm³/mol. The fourth-order valence-corrected chi connectivity index (χ4v) is 3.72. The van der Waals surface area contributed by atoms with Gasteiger partial charge in [-0.2, -0.15) is 23.1 Å². The van der Waals surface area contributed by atoms with Crippen molar-refractivity contribution in [3.63, 3.8) is 0 Å². The van der Waals surface area contributed by atoms with E-state index in [4.69, 9.17) is 0 Å². The van der Waals surface area contributed by atoms with Gasteiger partial charge in [-0.3, -0.25) is 0 Å². The summed E-state index contributed by atoms with van der Waals surface area (Å²) in [6, 6.07) is 2.73. The number of rotatable bonds is 4. The summed E-state index contributed by atoms with van der Waals surface area (Å²) in [5, 5.41) is 8.86. The number of hydrogen-bond acceptors (Lipinski definition) is 3. The third kappa shape index (κ3) is 2.75. The van der Waals surface area contributed by atoms with Gasteiger partial charge in [-0.1, -0.05) is 0 Å². The molecule has 1 aliphatic heterocycles. The molecule has 1 saturated heterocycles. The van der Waals surface area contributed by atoms with Gasteiger partial charge in [-0.05, 0) is 47.9 Å². The minimum absolute atomic E-state index is 0.516. The average Bonchev–Trinajstić information content (AvgIpc) is 2.87. The van der Waals surface area contributed by atoms with E-state index < -0.39 is 0 Å². The monoisotopic (exact) mass is 227 g/mol. The molecule has 0 aliphatic carbocycles. The van der Waals surface area contributed by atoms with Crippen LogP contribution >= 0.6 is 23.1 Å². The van der Waals surface area contributed by atoms with E-state index in [1.54, 1.807) is 11.3 Å². The highest BCUT2D eigenvalue weighted by Crippen LogP contribution is 2.26. The first-order valence-corrected chi connectivity index (χ1v) is 7.22. The second kappa shape index (κ2) is 5.19. The summed E-state index contributed by atoms with van der Waals surface area (Å²) in [5.74, 6) is 1.36. The lowest BCUT2D eigenvalue weighted by Gasteiger charge is -2.15. The molecule has 14 heavy (non-hydrogen) atoms. The first kappa shape index (κ1) is 10.5. The van der Waals surface area contributed by atoms with E-state index in [2.05, 4.69) is 40.8 Å². The molecule has 0 aromatic carbocycles. The van der Waals surface area contributed by atoms with Crippen molar-refractivity contribution in [3.8, 4) is 0 Å². The van der Waals surface area contributed by atoms with Crippen molar-refractivity contribution < 1.29 is 0 Å². The fraction of sp³-hybridized carbons (Fsp3) is 0.636. The molecule has 1 aromatic rings. The average molecular weight is 227 g/mol. The van der Waals surface area contributed by atoms with E-state index in [0.717, 1.165) is 5.25 Å². The molecule has 1 aromatic heterocycles. The summed E-state index contributed by atoms with van der Waals surface area (Å²) >= 11 is 3.90. The van der Waals surface area contributed by atoms with Crippen LogP contribution in [0.1, 0.15) is 31.4 Å². The maximum absolute atomic E-state index is 3.61. The molecule has 1 aliphatic rings. The number of hydrogen-bond donors (Lipinski definition) is 1. The molecule has 0 saturated carbocycles. The smallest absolute Gasteiger partial charge is 0.0300 e. The fourth-order valence-electron chi connectivity index (χ4n) is 1.75. The molecule has 3 heteroatoms. The van der Waals surface area contributed by atoms with Crippen LogP contribution in [0.25, 0.3) is 0 Å². The summed E-state index contributed by atoms with van der Waals surface area (Å²) in [6.45, 7) is 3.42. The summed E-state index contributed by atoms with van der Waals surface area (Å²) < 4.78 is 0. The van der Waals surface area contributed by atoms with E-state index in [1.165, 1.54) is 30.7 Å². The maximum atomic E-state index is 3.61. The Morgan fingerprint density at radius 2 is 2.57 bits per heavy atom. The van der Waals surface area contributed by atoms with Crippen LogP contribution in [0.5, 0.6) is 0 Å². The van der Waals surface area contributed by atoms with Gasteiger partial charge in [0.2, 0.25) is 0 Å². The van der Waals surface area contributed by atoms with Crippen LogP contribution in [0, 0.1) is 0 Å². The SMILES string of the molecule is CC(NCC1CCCS1)c1ccsc1. The number of thiophene rings is 1. The highest BCUT2D eigenvalue weighted by Gasteiger charge is 2.16. The van der Waals surface area contributed by atoms with Gasteiger partial charge < -0.3 is 5.32 Å². The molecule has 78 valence electrons. The normalized spacial score (nSPS) is 23.9. The van der Waals surface area contributed by atoms with E-state index in [-0.39, 0.29) is 0 Å². The van der Waals surface area contributed by atoms with Gasteiger partial charge in [-0.15, -0.1) is 0 Å². The van der Waals surface area contributed by atoms with Crippen LogP contribution < -0.4 is 5.32 Å². The molecule has 1 fully saturated rings. The Morgan fingerprint density at radius 1 is 1.64 bits per heavy atom. The van der Waals surface area contributed by atoms with Crippen LogP contribution in [0.3, 0.4) is 0 Å². The molecule has 0 spiro atoms. The van der Waals surface area contributed by atoms with Gasteiger partial charge in [-0.25, -0.2) is 0 Å². The zero-order valence-corrected chi connectivity index (χ0v) is 10.2. The van der Waals surface area contributed by atoms with E-state index in [0.29, 0.717) is 6.04 Å². The molecule has 2 heterocycles. The molecule has 0 bridgehead atoms. The maximum Gasteiger partial charge on any atom is 0.0300 e. The van der Waals surface area contributed by atoms with Gasteiger partial charge in [0.15, 0.2) is 0 Å². The van der Waals surface area contributed by atoms with Gasteiger partial charge in [0.05, 0.1) is 0 Å². The quantitative estimate of drug-likeness (QED) is 0.847. The van der Waals surface area contributed by atoms with E-state index in [1.807, 2.05) is 0 Å². The molecular formula is C11H17NS2. The molecule has 1 nitrogen and oxygen atoms in total. The highest BCUT2D eigenvalue weighted by molar-refractivity contribution is 8.00. The first-order valence-electron chi connectivity index (χ1n) is 5.23. The number of thioether (sulfide) groups is 1. The standard InChI is InChI=1S/C11H17NS2/c1-9(10-4-6-13-8-10)12-7-11-3-2-5-14-11/h4,6,8-9,11-12H,2-3,5,7H2,1H3. The van der Waals surface area contributed by atoms with Crippen molar-refractivity contribution in [2.45, 2.75) is 31.1 Å². The number of nitrogens with one attached hydrogen (secondary N) is 1. The summed E-state index contributed by atoms with van der Waals surface area (Å²) in [7, 11) is 0. The first-order chi connectivity index (χ1) is 6.86. The van der Waals surface area contributed by atoms with Crippen LogP contribution in [-0.4, -0.2) is 17.5 Å². The Morgan fingerprint density at radius 3 is 3.21 bits per heavy atom. The summed E-state index contributed by atoms with van der Waals surface area (Å²) in [4.78, 5) is 0. The van der Waals surface area contributed by atoms with Crippen molar-refractivity contribution in [1.29, 1.82) is 0 Å². The van der Waals surface area contributed by atoms with Gasteiger partial charge in [0.1, 0.15) is 0 Å². The molecule has 2 unspecified atom stereocenters. The molecule has 2 rings (SSSR count). The van der Waals surface area contributed by atoms with Gasteiger partial charge in [0, 0.05) is 17.8 Å². The van der Waals surface area contributed by atoms with Crippen LogP contribution in [0.2, 0.25) is 0 Å². The lowest BCUT2D eigenvalue weighted by molar-refractivity contribution is 0.560. The zero-order chi connectivity index (χ0) is 9.80. The van der Waals surface area contributed by atoms with Gasteiger partial charge in [0.25, 0.3) is 0 Å². The predicted octanol–water partition coefficient (Wildman–Crippen LogP) is 3.29. The molecular weight excluding hydrogens is 210 g/mol. The Kier molecular flexibility index (Phi) is 3.90. The third-order valence-corrected chi connectivity index (χ3v) is 4.82. The molecule has 0 radical (unpaired) electrons. The Labute approximate surface area is 94.3 Å². The largest absolute Gasteiger partial charge is 0.309 e. The van der Waals surface area contributed by atoms with Crippen molar-refractivity contribution in [2.75, 3.05) is 12.3 Å². The lowest BCUT2D eigenvalue weighted by atomic mass is 10.1. The zero-order valence-electron chi connectivity index (χ0n) is 8.53. The topological polar surface area (TPSA) is 12.0 Å². The molecule has 1 N–H and O–H groups in total. The minimum Gasteiger partial charge on any atom is -0.309 e. The van der Waals surface area contributed by atoms with Crippen molar-refractivity contribution in [3.05, 3.63) is 22.4 Å². The molecule has 0 amide bonds. The van der Waals surface area contributed by atoms with E-state index in [9.17, 15) is 0 Å². The third-order valence-electron chi connectivity index (χ3n) is 2.72. The second-order valence-corrected chi connectivity index (χ2v) is 6.01.